The third-order valence-electron chi connectivity index (χ3n) is 4.32. The standard InChI is InChI=1S/C19H20FN3O2S/c20-15-5-1-2-6-16(15)26-13-18(24)23-11-8-14(9-12-23)19(25)22-17-7-3-4-10-21-17/h1-7,10,14H,8-9,11-13H2,(H,21,22,25). The molecule has 7 heteroatoms. The Labute approximate surface area is 156 Å². The molecule has 2 aromatic rings. The first kappa shape index (κ1) is 18.4. The first-order valence-corrected chi connectivity index (χ1v) is 9.49. The average Bonchev–Trinajstić information content (AvgIpc) is 2.68. The number of carbonyl (C=O) groups excluding carboxylic acids is 2. The first-order chi connectivity index (χ1) is 12.6. The van der Waals surface area contributed by atoms with Gasteiger partial charge in [0.25, 0.3) is 0 Å². The maximum absolute atomic E-state index is 13.6. The molecule has 26 heavy (non-hydrogen) atoms. The SMILES string of the molecule is O=C(Nc1ccccn1)C1CCN(C(=O)CSc2ccccc2F)CC1. The van der Waals surface area contributed by atoms with Gasteiger partial charge in [-0.1, -0.05) is 18.2 Å². The highest BCUT2D eigenvalue weighted by Gasteiger charge is 2.27. The second-order valence-electron chi connectivity index (χ2n) is 6.08. The van der Waals surface area contributed by atoms with E-state index in [1.165, 1.54) is 17.8 Å². The van der Waals surface area contributed by atoms with Gasteiger partial charge in [-0.25, -0.2) is 9.37 Å². The van der Waals surface area contributed by atoms with Crippen LogP contribution in [0.5, 0.6) is 0 Å². The summed E-state index contributed by atoms with van der Waals surface area (Å²) in [5, 5.41) is 2.81. The molecule has 0 atom stereocenters. The van der Waals surface area contributed by atoms with Crippen LogP contribution in [0.2, 0.25) is 0 Å². The molecule has 1 fully saturated rings. The third kappa shape index (κ3) is 4.82. The van der Waals surface area contributed by atoms with E-state index in [1.807, 2.05) is 6.07 Å². The van der Waals surface area contributed by atoms with E-state index in [0.29, 0.717) is 36.6 Å². The summed E-state index contributed by atoms with van der Waals surface area (Å²) in [6, 6.07) is 11.8. The number of carbonyl (C=O) groups is 2. The molecule has 0 spiro atoms. The number of nitrogens with zero attached hydrogens (tertiary/aromatic N) is 2. The number of nitrogens with one attached hydrogen (secondary N) is 1. The molecule has 5 nitrogen and oxygen atoms in total. The van der Waals surface area contributed by atoms with Gasteiger partial charge in [0.1, 0.15) is 11.6 Å². The summed E-state index contributed by atoms with van der Waals surface area (Å²) in [5.74, 6) is 0.220. The number of piperidine rings is 1. The number of rotatable bonds is 5. The van der Waals surface area contributed by atoms with Crippen molar-refractivity contribution in [3.05, 3.63) is 54.5 Å². The molecule has 0 radical (unpaired) electrons. The van der Waals surface area contributed by atoms with E-state index in [4.69, 9.17) is 0 Å². The summed E-state index contributed by atoms with van der Waals surface area (Å²) >= 11 is 1.20. The van der Waals surface area contributed by atoms with Gasteiger partial charge in [0.15, 0.2) is 0 Å². The molecule has 0 saturated carbocycles. The smallest absolute Gasteiger partial charge is 0.232 e. The highest BCUT2D eigenvalue weighted by Crippen LogP contribution is 2.23. The Balaban J connectivity index is 1.45. The molecule has 1 aromatic carbocycles. The molecular formula is C19H20FN3O2S. The lowest BCUT2D eigenvalue weighted by Gasteiger charge is -2.31. The molecule has 1 N–H and O–H groups in total. The molecule has 2 heterocycles. The van der Waals surface area contributed by atoms with Crippen LogP contribution in [0.25, 0.3) is 0 Å². The zero-order chi connectivity index (χ0) is 18.4. The summed E-state index contributed by atoms with van der Waals surface area (Å²) in [4.78, 5) is 30.9. The molecule has 1 aromatic heterocycles. The maximum Gasteiger partial charge on any atom is 0.232 e. The molecule has 136 valence electrons. The first-order valence-electron chi connectivity index (χ1n) is 8.50. The summed E-state index contributed by atoms with van der Waals surface area (Å²) in [6.07, 6.45) is 2.87. The number of halogens is 1. The predicted octanol–water partition coefficient (Wildman–Crippen LogP) is 3.19. The fourth-order valence-electron chi connectivity index (χ4n) is 2.85. The van der Waals surface area contributed by atoms with Gasteiger partial charge in [-0.15, -0.1) is 11.8 Å². The van der Waals surface area contributed by atoms with Gasteiger partial charge >= 0.3 is 0 Å². The summed E-state index contributed by atoms with van der Waals surface area (Å²) in [5.41, 5.74) is 0. The summed E-state index contributed by atoms with van der Waals surface area (Å²) < 4.78 is 13.6. The number of hydrogen-bond acceptors (Lipinski definition) is 4. The molecule has 0 aliphatic carbocycles. The second-order valence-corrected chi connectivity index (χ2v) is 7.10. The lowest BCUT2D eigenvalue weighted by atomic mass is 9.96. The van der Waals surface area contributed by atoms with Crippen molar-refractivity contribution in [2.24, 2.45) is 5.92 Å². The highest BCUT2D eigenvalue weighted by atomic mass is 32.2. The van der Waals surface area contributed by atoms with Gasteiger partial charge in [-0.2, -0.15) is 0 Å². The number of anilines is 1. The minimum atomic E-state index is -0.310. The molecule has 1 aliphatic heterocycles. The van der Waals surface area contributed by atoms with Gasteiger partial charge < -0.3 is 10.2 Å². The lowest BCUT2D eigenvalue weighted by Crippen LogP contribution is -2.42. The van der Waals surface area contributed by atoms with Crippen LogP contribution in [0.1, 0.15) is 12.8 Å². The topological polar surface area (TPSA) is 62.3 Å². The summed E-state index contributed by atoms with van der Waals surface area (Å²) in [7, 11) is 0. The molecule has 3 rings (SSSR count). The third-order valence-corrected chi connectivity index (χ3v) is 5.36. The van der Waals surface area contributed by atoms with E-state index in [-0.39, 0.29) is 29.3 Å². The van der Waals surface area contributed by atoms with Gasteiger partial charge in [0.2, 0.25) is 11.8 Å². The van der Waals surface area contributed by atoms with Crippen molar-refractivity contribution in [3.63, 3.8) is 0 Å². The van der Waals surface area contributed by atoms with Crippen LogP contribution >= 0.6 is 11.8 Å². The number of benzene rings is 1. The van der Waals surface area contributed by atoms with Crippen molar-refractivity contribution >= 4 is 29.4 Å². The van der Waals surface area contributed by atoms with E-state index in [0.717, 1.165) is 0 Å². The number of pyridine rings is 1. The minimum absolute atomic E-state index is 0.0261. The van der Waals surface area contributed by atoms with Crippen LogP contribution in [-0.2, 0) is 9.59 Å². The van der Waals surface area contributed by atoms with Crippen LogP contribution in [0.15, 0.2) is 53.6 Å². The second kappa shape index (κ2) is 8.80. The van der Waals surface area contributed by atoms with Gasteiger partial charge in [0.05, 0.1) is 5.75 Å². The fraction of sp³-hybridized carbons (Fsp3) is 0.316. The Morgan fingerprint density at radius 3 is 2.58 bits per heavy atom. The highest BCUT2D eigenvalue weighted by molar-refractivity contribution is 8.00. The maximum atomic E-state index is 13.6. The summed E-state index contributed by atoms with van der Waals surface area (Å²) in [6.45, 7) is 1.08. The van der Waals surface area contributed by atoms with E-state index in [1.54, 1.807) is 41.4 Å². The Morgan fingerprint density at radius 1 is 1.15 bits per heavy atom. The Bertz CT molecular complexity index is 764. The van der Waals surface area contributed by atoms with Crippen molar-refractivity contribution in [2.45, 2.75) is 17.7 Å². The van der Waals surface area contributed by atoms with Crippen LogP contribution < -0.4 is 5.32 Å². The van der Waals surface area contributed by atoms with Crippen LogP contribution in [0.3, 0.4) is 0 Å². The largest absolute Gasteiger partial charge is 0.342 e. The van der Waals surface area contributed by atoms with Crippen LogP contribution in [0.4, 0.5) is 10.2 Å². The molecule has 1 aliphatic rings. The Morgan fingerprint density at radius 2 is 1.88 bits per heavy atom. The van der Waals surface area contributed by atoms with Gasteiger partial charge in [-0.05, 0) is 37.1 Å². The lowest BCUT2D eigenvalue weighted by molar-refractivity contribution is -0.132. The van der Waals surface area contributed by atoms with Crippen molar-refractivity contribution in [1.29, 1.82) is 0 Å². The van der Waals surface area contributed by atoms with E-state index in [2.05, 4.69) is 10.3 Å². The van der Waals surface area contributed by atoms with E-state index in [9.17, 15) is 14.0 Å². The van der Waals surface area contributed by atoms with E-state index >= 15 is 0 Å². The molecule has 0 unspecified atom stereocenters. The monoisotopic (exact) mass is 373 g/mol. The minimum Gasteiger partial charge on any atom is -0.342 e. The van der Waals surface area contributed by atoms with Crippen LogP contribution in [0, 0.1) is 11.7 Å². The van der Waals surface area contributed by atoms with Gasteiger partial charge in [-0.3, -0.25) is 9.59 Å². The Hall–Kier alpha value is -2.41. The number of aromatic nitrogens is 1. The Kier molecular flexibility index (Phi) is 6.22. The quantitative estimate of drug-likeness (QED) is 0.818. The normalized spacial score (nSPS) is 14.9. The van der Waals surface area contributed by atoms with Crippen LogP contribution in [-0.4, -0.2) is 40.5 Å². The zero-order valence-corrected chi connectivity index (χ0v) is 15.0. The van der Waals surface area contributed by atoms with Crippen molar-refractivity contribution in [2.75, 3.05) is 24.2 Å². The van der Waals surface area contributed by atoms with Crippen molar-refractivity contribution < 1.29 is 14.0 Å². The zero-order valence-electron chi connectivity index (χ0n) is 14.2. The fourth-order valence-corrected chi connectivity index (χ4v) is 3.69. The molecule has 1 saturated heterocycles. The van der Waals surface area contributed by atoms with Crippen molar-refractivity contribution in [3.8, 4) is 0 Å². The number of likely N-dealkylation sites (tertiary alicyclic amines) is 1. The number of amides is 2. The van der Waals surface area contributed by atoms with Crippen molar-refractivity contribution in [1.82, 2.24) is 9.88 Å². The molecule has 2 amide bonds. The van der Waals surface area contributed by atoms with E-state index < -0.39 is 0 Å². The number of hydrogen-bond donors (Lipinski definition) is 1. The number of thioether (sulfide) groups is 1. The van der Waals surface area contributed by atoms with Gasteiger partial charge in [0, 0.05) is 30.1 Å². The molecular weight excluding hydrogens is 353 g/mol. The predicted molar refractivity (Wildman–Crippen MR) is 99.3 cm³/mol. The molecule has 0 bridgehead atoms. The average molecular weight is 373 g/mol.